The highest BCUT2D eigenvalue weighted by Gasteiger charge is 2.16. The maximum Gasteiger partial charge on any atom is 0.258 e. The highest BCUT2D eigenvalue weighted by Crippen LogP contribution is 2.30. The van der Waals surface area contributed by atoms with E-state index in [1.165, 1.54) is 22.5 Å². The molecular formula is C27H22N4O2S2. The van der Waals surface area contributed by atoms with E-state index in [2.05, 4.69) is 46.7 Å². The molecule has 5 aromatic rings. The number of carbonyl (C=O) groups is 1. The van der Waals surface area contributed by atoms with Crippen LogP contribution in [0, 0.1) is 6.92 Å². The molecule has 0 fully saturated rings. The lowest BCUT2D eigenvalue weighted by Gasteiger charge is -2.10. The number of rotatable bonds is 7. The van der Waals surface area contributed by atoms with Crippen LogP contribution in [0.15, 0.2) is 83.2 Å². The van der Waals surface area contributed by atoms with Crippen molar-refractivity contribution in [2.45, 2.75) is 17.0 Å². The number of hydrogen-bond acceptors (Lipinski definition) is 7. The zero-order valence-corrected chi connectivity index (χ0v) is 20.8. The van der Waals surface area contributed by atoms with Gasteiger partial charge in [-0.1, -0.05) is 83.3 Å². The lowest BCUT2D eigenvalue weighted by molar-refractivity contribution is 0.102. The predicted molar refractivity (Wildman–Crippen MR) is 142 cm³/mol. The molecule has 2 heterocycles. The minimum Gasteiger partial charge on any atom is -0.497 e. The fraction of sp³-hybridized carbons (Fsp3) is 0.111. The van der Waals surface area contributed by atoms with Crippen molar-refractivity contribution in [1.29, 1.82) is 0 Å². The zero-order chi connectivity index (χ0) is 24.2. The Morgan fingerprint density at radius 1 is 1.00 bits per heavy atom. The lowest BCUT2D eigenvalue weighted by atomic mass is 10.0. The van der Waals surface area contributed by atoms with Gasteiger partial charge in [0.2, 0.25) is 5.13 Å². The first-order valence-corrected chi connectivity index (χ1v) is 12.8. The minimum absolute atomic E-state index is 0.251. The molecule has 0 radical (unpaired) electrons. The maximum absolute atomic E-state index is 13.3. The molecule has 174 valence electrons. The number of nitrogens with one attached hydrogen (secondary N) is 1. The third kappa shape index (κ3) is 5.34. The lowest BCUT2D eigenvalue weighted by Crippen LogP contribution is -2.13. The average Bonchev–Trinajstić information content (AvgIpc) is 3.34. The number of fused-ring (bicyclic) bond motifs is 1. The summed E-state index contributed by atoms with van der Waals surface area (Å²) in [6.07, 6.45) is 0. The smallest absolute Gasteiger partial charge is 0.258 e. The number of anilines is 1. The van der Waals surface area contributed by atoms with E-state index in [0.717, 1.165) is 32.3 Å². The van der Waals surface area contributed by atoms with Crippen molar-refractivity contribution in [3.05, 3.63) is 95.6 Å². The molecule has 0 aliphatic rings. The van der Waals surface area contributed by atoms with E-state index in [0.29, 0.717) is 16.4 Å². The summed E-state index contributed by atoms with van der Waals surface area (Å²) in [7, 11) is 1.63. The average molecular weight is 499 g/mol. The Bertz CT molecular complexity index is 1500. The Labute approximate surface area is 211 Å². The summed E-state index contributed by atoms with van der Waals surface area (Å²) in [4.78, 5) is 18.1. The summed E-state index contributed by atoms with van der Waals surface area (Å²) in [5.74, 6) is 1.27. The summed E-state index contributed by atoms with van der Waals surface area (Å²) in [6.45, 7) is 2.07. The third-order valence-electron chi connectivity index (χ3n) is 5.44. The van der Waals surface area contributed by atoms with Gasteiger partial charge in [-0.3, -0.25) is 10.1 Å². The number of aryl methyl sites for hydroxylation is 1. The molecule has 1 N–H and O–H groups in total. The van der Waals surface area contributed by atoms with Crippen LogP contribution in [0.4, 0.5) is 5.13 Å². The highest BCUT2D eigenvalue weighted by molar-refractivity contribution is 8.00. The third-order valence-corrected chi connectivity index (χ3v) is 7.48. The van der Waals surface area contributed by atoms with Gasteiger partial charge in [-0.05, 0) is 36.8 Å². The quantitative estimate of drug-likeness (QED) is 0.201. The van der Waals surface area contributed by atoms with Gasteiger partial charge in [-0.25, -0.2) is 4.98 Å². The van der Waals surface area contributed by atoms with Crippen LogP contribution < -0.4 is 10.1 Å². The van der Waals surface area contributed by atoms with E-state index in [-0.39, 0.29) is 5.91 Å². The van der Waals surface area contributed by atoms with Crippen LogP contribution in [0.5, 0.6) is 5.75 Å². The molecule has 0 saturated carbocycles. The first kappa shape index (κ1) is 23.0. The molecule has 0 bridgehead atoms. The molecule has 8 heteroatoms. The summed E-state index contributed by atoms with van der Waals surface area (Å²) in [5, 5.41) is 12.6. The van der Waals surface area contributed by atoms with Gasteiger partial charge < -0.3 is 4.74 Å². The zero-order valence-electron chi connectivity index (χ0n) is 19.2. The van der Waals surface area contributed by atoms with E-state index in [9.17, 15) is 4.79 Å². The molecule has 0 atom stereocenters. The van der Waals surface area contributed by atoms with Crippen molar-refractivity contribution in [1.82, 2.24) is 15.2 Å². The van der Waals surface area contributed by atoms with Crippen LogP contribution in [-0.4, -0.2) is 28.2 Å². The van der Waals surface area contributed by atoms with Gasteiger partial charge in [0.25, 0.3) is 5.91 Å². The highest BCUT2D eigenvalue weighted by atomic mass is 32.2. The summed E-state index contributed by atoms with van der Waals surface area (Å²) in [5.41, 5.74) is 5.28. The molecule has 5 rings (SSSR count). The molecule has 0 spiro atoms. The first-order chi connectivity index (χ1) is 17.1. The number of amides is 1. The Morgan fingerprint density at radius 2 is 1.83 bits per heavy atom. The number of methoxy groups -OCH3 is 1. The van der Waals surface area contributed by atoms with Gasteiger partial charge in [0.05, 0.1) is 23.9 Å². The van der Waals surface area contributed by atoms with Gasteiger partial charge in [0, 0.05) is 16.7 Å². The molecule has 6 nitrogen and oxygen atoms in total. The standard InChI is InChI=1S/C27H22N4O2S2/c1-17-10-12-18(13-11-17)16-34-27-31-30-26(35-27)29-25(32)22-15-24(19-6-5-7-20(14-19)33-2)28-23-9-4-3-8-21(22)23/h3-15H,16H2,1-2H3,(H,29,30,32). The summed E-state index contributed by atoms with van der Waals surface area (Å²) in [6, 6.07) is 25.5. The normalized spacial score (nSPS) is 10.9. The second kappa shape index (κ2) is 10.2. The number of para-hydroxylation sites is 1. The minimum atomic E-state index is -0.251. The fourth-order valence-corrected chi connectivity index (χ4v) is 5.31. The van der Waals surface area contributed by atoms with Crippen LogP contribution in [-0.2, 0) is 5.75 Å². The van der Waals surface area contributed by atoms with Crippen molar-refractivity contribution in [2.24, 2.45) is 0 Å². The second-order valence-corrected chi connectivity index (χ2v) is 10.1. The number of nitrogens with zero attached hydrogens (tertiary/aromatic N) is 3. The van der Waals surface area contributed by atoms with E-state index >= 15 is 0 Å². The summed E-state index contributed by atoms with van der Waals surface area (Å²) < 4.78 is 6.16. The second-order valence-electron chi connectivity index (χ2n) is 7.91. The van der Waals surface area contributed by atoms with Crippen molar-refractivity contribution >= 4 is 45.0 Å². The van der Waals surface area contributed by atoms with E-state index in [1.54, 1.807) is 24.9 Å². The Balaban J connectivity index is 1.38. The topological polar surface area (TPSA) is 77.0 Å². The Morgan fingerprint density at radius 3 is 2.66 bits per heavy atom. The molecule has 35 heavy (non-hydrogen) atoms. The van der Waals surface area contributed by atoms with Crippen molar-refractivity contribution in [2.75, 3.05) is 12.4 Å². The number of hydrogen-bond donors (Lipinski definition) is 1. The van der Waals surface area contributed by atoms with Gasteiger partial charge >= 0.3 is 0 Å². The van der Waals surface area contributed by atoms with Gasteiger partial charge in [-0.2, -0.15) is 0 Å². The number of ether oxygens (including phenoxy) is 1. The van der Waals surface area contributed by atoms with Crippen LogP contribution in [0.1, 0.15) is 21.5 Å². The number of thioether (sulfide) groups is 1. The Hall–Kier alpha value is -3.75. The van der Waals surface area contributed by atoms with Crippen LogP contribution in [0.25, 0.3) is 22.2 Å². The molecule has 1 amide bonds. The molecule has 0 aliphatic carbocycles. The van der Waals surface area contributed by atoms with Gasteiger partial charge in [0.15, 0.2) is 4.34 Å². The molecule has 0 unspecified atom stereocenters. The van der Waals surface area contributed by atoms with E-state index < -0.39 is 0 Å². The SMILES string of the molecule is COc1cccc(-c2cc(C(=O)Nc3nnc(SCc4ccc(C)cc4)s3)c3ccccc3n2)c1. The molecule has 2 aromatic heterocycles. The van der Waals surface area contributed by atoms with Crippen LogP contribution >= 0.6 is 23.1 Å². The van der Waals surface area contributed by atoms with E-state index in [1.807, 2.05) is 48.5 Å². The largest absolute Gasteiger partial charge is 0.497 e. The molecule has 0 aliphatic heterocycles. The van der Waals surface area contributed by atoms with Crippen LogP contribution in [0.2, 0.25) is 0 Å². The number of aromatic nitrogens is 3. The maximum atomic E-state index is 13.3. The monoisotopic (exact) mass is 498 g/mol. The first-order valence-electron chi connectivity index (χ1n) is 11.0. The summed E-state index contributed by atoms with van der Waals surface area (Å²) >= 11 is 2.97. The van der Waals surface area contributed by atoms with Crippen molar-refractivity contribution in [3.63, 3.8) is 0 Å². The van der Waals surface area contributed by atoms with Crippen molar-refractivity contribution in [3.8, 4) is 17.0 Å². The fourth-order valence-electron chi connectivity index (χ4n) is 3.61. The van der Waals surface area contributed by atoms with Crippen molar-refractivity contribution < 1.29 is 9.53 Å². The predicted octanol–water partition coefficient (Wildman–Crippen LogP) is 6.61. The molecule has 0 saturated heterocycles. The number of carbonyl (C=O) groups excluding carboxylic acids is 1. The number of pyridine rings is 1. The Kier molecular flexibility index (Phi) is 6.74. The molecule has 3 aromatic carbocycles. The van der Waals surface area contributed by atoms with Gasteiger partial charge in [0.1, 0.15) is 5.75 Å². The van der Waals surface area contributed by atoms with Gasteiger partial charge in [-0.15, -0.1) is 10.2 Å². The van der Waals surface area contributed by atoms with Crippen LogP contribution in [0.3, 0.4) is 0 Å². The van der Waals surface area contributed by atoms with E-state index in [4.69, 9.17) is 9.72 Å². The number of benzene rings is 3. The molecular weight excluding hydrogens is 476 g/mol.